The molecule has 0 aliphatic heterocycles. The Morgan fingerprint density at radius 3 is 2.82 bits per heavy atom. The molecule has 1 heteroatoms. The predicted octanol–water partition coefficient (Wildman–Crippen LogP) is 3.15. The van der Waals surface area contributed by atoms with Crippen LogP contribution in [0.25, 0.3) is 0 Å². The first kappa shape index (κ1) is 7.60. The molecule has 2 bridgehead atoms. The lowest BCUT2D eigenvalue weighted by Gasteiger charge is -2.31. The minimum absolute atomic E-state index is 0.347. The quantitative estimate of drug-likeness (QED) is 0.463. The Kier molecular flexibility index (Phi) is 1.54. The van der Waals surface area contributed by atoms with E-state index in [-0.39, 0.29) is 0 Å². The summed E-state index contributed by atoms with van der Waals surface area (Å²) in [6, 6.07) is 0. The Labute approximate surface area is 76.5 Å². The van der Waals surface area contributed by atoms with Gasteiger partial charge in [0.1, 0.15) is 0 Å². The Balaban J connectivity index is 2.38. The van der Waals surface area contributed by atoms with E-state index in [1.807, 2.05) is 0 Å². The zero-order chi connectivity index (χ0) is 8.06. The average Bonchev–Trinajstić information content (AvgIpc) is 2.56. The van der Waals surface area contributed by atoms with Crippen LogP contribution in [-0.4, -0.2) is 5.33 Å². The smallest absolute Gasteiger partial charge is 0.0128 e. The van der Waals surface area contributed by atoms with Crippen molar-refractivity contribution < 1.29 is 0 Å². The van der Waals surface area contributed by atoms with E-state index in [2.05, 4.69) is 41.6 Å². The Morgan fingerprint density at radius 2 is 2.45 bits per heavy atom. The number of allylic oxidation sites excluding steroid dienone is 3. The largest absolute Gasteiger partial charge is 0.0987 e. The SMILES string of the molecule is C=C1[C@@H]2C=C[C@@H](C2)[C@]1(C)CBr. The van der Waals surface area contributed by atoms with Crippen molar-refractivity contribution in [2.75, 3.05) is 5.33 Å². The van der Waals surface area contributed by atoms with Crippen LogP contribution in [0.3, 0.4) is 0 Å². The van der Waals surface area contributed by atoms with Gasteiger partial charge in [-0.3, -0.25) is 0 Å². The number of hydrogen-bond donors (Lipinski definition) is 0. The van der Waals surface area contributed by atoms with E-state index in [1.165, 1.54) is 12.0 Å². The molecule has 0 nitrogen and oxygen atoms in total. The highest BCUT2D eigenvalue weighted by Crippen LogP contribution is 2.55. The molecule has 1 saturated carbocycles. The molecule has 11 heavy (non-hydrogen) atoms. The summed E-state index contributed by atoms with van der Waals surface area (Å²) in [6.45, 7) is 6.50. The van der Waals surface area contributed by atoms with Crippen LogP contribution < -0.4 is 0 Å². The van der Waals surface area contributed by atoms with Gasteiger partial charge in [0.25, 0.3) is 0 Å². The molecule has 0 radical (unpaired) electrons. The van der Waals surface area contributed by atoms with Gasteiger partial charge in [-0.05, 0) is 18.3 Å². The number of halogens is 1. The molecule has 2 rings (SSSR count). The summed E-state index contributed by atoms with van der Waals surface area (Å²) in [4.78, 5) is 0. The molecule has 1 fully saturated rings. The van der Waals surface area contributed by atoms with Crippen molar-refractivity contribution in [2.24, 2.45) is 17.3 Å². The van der Waals surface area contributed by atoms with Crippen LogP contribution in [0.2, 0.25) is 0 Å². The summed E-state index contributed by atoms with van der Waals surface area (Å²) in [6.07, 6.45) is 5.99. The minimum atomic E-state index is 0.347. The van der Waals surface area contributed by atoms with Crippen molar-refractivity contribution >= 4 is 15.9 Å². The molecule has 2 aliphatic rings. The maximum Gasteiger partial charge on any atom is 0.0128 e. The molecule has 0 unspecified atom stereocenters. The fourth-order valence-electron chi connectivity index (χ4n) is 2.28. The monoisotopic (exact) mass is 212 g/mol. The van der Waals surface area contributed by atoms with Crippen LogP contribution in [0.5, 0.6) is 0 Å². The molecular formula is C10H13Br. The van der Waals surface area contributed by atoms with E-state index in [1.54, 1.807) is 0 Å². The molecular weight excluding hydrogens is 200 g/mol. The van der Waals surface area contributed by atoms with Crippen molar-refractivity contribution in [1.29, 1.82) is 0 Å². The Bertz CT molecular complexity index is 229. The van der Waals surface area contributed by atoms with Gasteiger partial charge in [0.05, 0.1) is 0 Å². The van der Waals surface area contributed by atoms with Crippen LogP contribution >= 0.6 is 15.9 Å². The summed E-state index contributed by atoms with van der Waals surface area (Å²) in [5.74, 6) is 1.43. The van der Waals surface area contributed by atoms with Gasteiger partial charge in [-0.15, -0.1) is 0 Å². The highest BCUT2D eigenvalue weighted by molar-refractivity contribution is 9.09. The minimum Gasteiger partial charge on any atom is -0.0987 e. The summed E-state index contributed by atoms with van der Waals surface area (Å²) in [5.41, 5.74) is 1.78. The Hall–Kier alpha value is -0.0400. The second kappa shape index (κ2) is 2.22. The zero-order valence-electron chi connectivity index (χ0n) is 6.81. The van der Waals surface area contributed by atoms with E-state index in [0.29, 0.717) is 11.3 Å². The number of rotatable bonds is 1. The summed E-state index contributed by atoms with van der Waals surface area (Å²) >= 11 is 3.58. The number of alkyl halides is 1. The van der Waals surface area contributed by atoms with Crippen molar-refractivity contribution in [1.82, 2.24) is 0 Å². The van der Waals surface area contributed by atoms with Crippen molar-refractivity contribution in [3.63, 3.8) is 0 Å². The average molecular weight is 213 g/mol. The summed E-state index contributed by atoms with van der Waals surface area (Å²) < 4.78 is 0. The number of fused-ring (bicyclic) bond motifs is 2. The van der Waals surface area contributed by atoms with E-state index < -0.39 is 0 Å². The molecule has 3 atom stereocenters. The van der Waals surface area contributed by atoms with Gasteiger partial charge >= 0.3 is 0 Å². The van der Waals surface area contributed by atoms with Gasteiger partial charge in [0.15, 0.2) is 0 Å². The lowest BCUT2D eigenvalue weighted by atomic mass is 9.76. The van der Waals surface area contributed by atoms with Crippen LogP contribution in [0.15, 0.2) is 24.3 Å². The fourth-order valence-corrected chi connectivity index (χ4v) is 3.05. The fraction of sp³-hybridized carbons (Fsp3) is 0.600. The first-order valence-corrected chi connectivity index (χ1v) is 5.24. The van der Waals surface area contributed by atoms with Gasteiger partial charge in [-0.2, -0.15) is 0 Å². The van der Waals surface area contributed by atoms with Crippen molar-refractivity contribution in [3.05, 3.63) is 24.3 Å². The second-order valence-corrected chi connectivity index (χ2v) is 4.47. The topological polar surface area (TPSA) is 0 Å². The first-order chi connectivity index (χ1) is 5.18. The van der Waals surface area contributed by atoms with Gasteiger partial charge in [0, 0.05) is 10.7 Å². The third-order valence-electron chi connectivity index (χ3n) is 3.36. The predicted molar refractivity (Wildman–Crippen MR) is 51.8 cm³/mol. The van der Waals surface area contributed by atoms with Crippen molar-refractivity contribution in [3.8, 4) is 0 Å². The molecule has 0 saturated heterocycles. The molecule has 2 aliphatic carbocycles. The second-order valence-electron chi connectivity index (χ2n) is 3.91. The summed E-state index contributed by atoms with van der Waals surface area (Å²) in [5, 5.41) is 1.06. The van der Waals surface area contributed by atoms with E-state index in [9.17, 15) is 0 Å². The van der Waals surface area contributed by atoms with Crippen LogP contribution in [-0.2, 0) is 0 Å². The maximum atomic E-state index is 4.18. The molecule has 0 N–H and O–H groups in total. The van der Waals surface area contributed by atoms with Gasteiger partial charge < -0.3 is 0 Å². The zero-order valence-corrected chi connectivity index (χ0v) is 8.39. The van der Waals surface area contributed by atoms with Gasteiger partial charge in [-0.1, -0.05) is 47.2 Å². The standard InChI is InChI=1S/C10H13Br/c1-7-8-3-4-9(5-8)10(7,2)6-11/h3-4,8-9H,1,5-6H2,2H3/t8-,9+,10-/m1/s1. The van der Waals surface area contributed by atoms with E-state index in [0.717, 1.165) is 11.2 Å². The maximum absolute atomic E-state index is 4.18. The van der Waals surface area contributed by atoms with Gasteiger partial charge in [0.2, 0.25) is 0 Å². The third-order valence-corrected chi connectivity index (χ3v) is 4.53. The van der Waals surface area contributed by atoms with Crippen molar-refractivity contribution in [2.45, 2.75) is 13.3 Å². The lowest BCUT2D eigenvalue weighted by Crippen LogP contribution is -2.25. The molecule has 0 spiro atoms. The van der Waals surface area contributed by atoms with Gasteiger partial charge in [-0.25, -0.2) is 0 Å². The van der Waals surface area contributed by atoms with Crippen LogP contribution in [0, 0.1) is 17.3 Å². The first-order valence-electron chi connectivity index (χ1n) is 4.12. The highest BCUT2D eigenvalue weighted by Gasteiger charge is 2.47. The molecule has 0 amide bonds. The van der Waals surface area contributed by atoms with Crippen LogP contribution in [0.4, 0.5) is 0 Å². The summed E-state index contributed by atoms with van der Waals surface area (Å²) in [7, 11) is 0. The molecule has 0 aromatic heterocycles. The number of hydrogen-bond acceptors (Lipinski definition) is 0. The van der Waals surface area contributed by atoms with E-state index >= 15 is 0 Å². The Morgan fingerprint density at radius 1 is 1.73 bits per heavy atom. The molecule has 0 heterocycles. The normalized spacial score (nSPS) is 47.3. The molecule has 60 valence electrons. The van der Waals surface area contributed by atoms with E-state index in [4.69, 9.17) is 0 Å². The molecule has 0 aromatic carbocycles. The lowest BCUT2D eigenvalue weighted by molar-refractivity contribution is 0.381. The van der Waals surface area contributed by atoms with Crippen LogP contribution in [0.1, 0.15) is 13.3 Å². The highest BCUT2D eigenvalue weighted by atomic mass is 79.9. The third kappa shape index (κ3) is 0.807. The molecule has 0 aromatic rings.